The van der Waals surface area contributed by atoms with Gasteiger partial charge in [0.05, 0.1) is 32.7 Å². The van der Waals surface area contributed by atoms with Gasteiger partial charge in [0.15, 0.2) is 16.7 Å². The fourth-order valence-corrected chi connectivity index (χ4v) is 4.82. The van der Waals surface area contributed by atoms with Crippen molar-refractivity contribution >= 4 is 40.1 Å². The molecule has 2 amide bonds. The number of nitrogens with zero attached hydrogens (tertiary/aromatic N) is 2. The number of carbonyl (C=O) groups is 2. The maximum atomic E-state index is 13.3. The normalized spacial score (nSPS) is 16.6. The number of aliphatic imine (C=N–C) groups is 1. The Morgan fingerprint density at radius 2 is 1.91 bits per heavy atom. The number of ether oxygens (including phenoxy) is 2. The number of nitrogens with one attached hydrogen (secondary N) is 1. The van der Waals surface area contributed by atoms with E-state index in [1.807, 2.05) is 38.1 Å². The summed E-state index contributed by atoms with van der Waals surface area (Å²) in [4.78, 5) is 32.5. The highest BCUT2D eigenvalue weighted by molar-refractivity contribution is 8.15. The predicted molar refractivity (Wildman–Crippen MR) is 136 cm³/mol. The van der Waals surface area contributed by atoms with Gasteiger partial charge < -0.3 is 19.2 Å². The van der Waals surface area contributed by atoms with Gasteiger partial charge in [0.2, 0.25) is 11.8 Å². The summed E-state index contributed by atoms with van der Waals surface area (Å²) in [6.07, 6.45) is 1.57. The van der Waals surface area contributed by atoms with Crippen LogP contribution in [-0.4, -0.2) is 41.4 Å². The summed E-state index contributed by atoms with van der Waals surface area (Å²) in [6.45, 7) is 4.22. The lowest BCUT2D eigenvalue weighted by atomic mass is 10.1. The molecule has 35 heavy (non-hydrogen) atoms. The maximum absolute atomic E-state index is 13.3. The number of rotatable bonds is 8. The lowest BCUT2D eigenvalue weighted by molar-refractivity contribution is -0.128. The Balaban J connectivity index is 1.54. The number of hydrogen-bond acceptors (Lipinski definition) is 7. The molecule has 182 valence electrons. The second kappa shape index (κ2) is 10.7. The van der Waals surface area contributed by atoms with Crippen molar-refractivity contribution in [3.8, 4) is 11.5 Å². The SMILES string of the molecule is COc1ccc(NC(=O)CC2SC(=Nc3cc(C)ccc3C)N(Cc3ccco3)C2=O)cc1OC. The van der Waals surface area contributed by atoms with Gasteiger partial charge in [-0.25, -0.2) is 4.99 Å². The van der Waals surface area contributed by atoms with Crippen molar-refractivity contribution in [1.82, 2.24) is 4.90 Å². The van der Waals surface area contributed by atoms with E-state index in [9.17, 15) is 9.59 Å². The number of thioether (sulfide) groups is 1. The first-order valence-corrected chi connectivity index (χ1v) is 11.9. The Morgan fingerprint density at radius 1 is 1.11 bits per heavy atom. The van der Waals surface area contributed by atoms with Crippen LogP contribution in [0, 0.1) is 13.8 Å². The smallest absolute Gasteiger partial charge is 0.243 e. The van der Waals surface area contributed by atoms with E-state index in [4.69, 9.17) is 18.9 Å². The third kappa shape index (κ3) is 5.68. The van der Waals surface area contributed by atoms with E-state index in [0.29, 0.717) is 28.1 Å². The highest BCUT2D eigenvalue weighted by atomic mass is 32.2. The van der Waals surface area contributed by atoms with E-state index in [2.05, 4.69) is 5.32 Å². The summed E-state index contributed by atoms with van der Waals surface area (Å²) in [5.74, 6) is 1.24. The fraction of sp³-hybridized carbons (Fsp3) is 0.269. The molecule has 2 heterocycles. The zero-order valence-corrected chi connectivity index (χ0v) is 20.8. The van der Waals surface area contributed by atoms with Gasteiger partial charge in [-0.1, -0.05) is 23.9 Å². The summed E-state index contributed by atoms with van der Waals surface area (Å²) in [5, 5.41) is 2.78. The average molecular weight is 494 g/mol. The Hall–Kier alpha value is -3.72. The second-order valence-electron chi connectivity index (χ2n) is 8.12. The van der Waals surface area contributed by atoms with Crippen LogP contribution in [0.1, 0.15) is 23.3 Å². The van der Waals surface area contributed by atoms with Crippen LogP contribution in [0.2, 0.25) is 0 Å². The Morgan fingerprint density at radius 3 is 2.63 bits per heavy atom. The summed E-state index contributed by atoms with van der Waals surface area (Å²) in [6, 6.07) is 14.7. The van der Waals surface area contributed by atoms with Gasteiger partial charge >= 0.3 is 0 Å². The summed E-state index contributed by atoms with van der Waals surface area (Å²) >= 11 is 1.29. The summed E-state index contributed by atoms with van der Waals surface area (Å²) < 4.78 is 16.0. The Bertz CT molecular complexity index is 1260. The fourth-order valence-electron chi connectivity index (χ4n) is 3.67. The largest absolute Gasteiger partial charge is 0.493 e. The molecule has 1 aromatic heterocycles. The lowest BCUT2D eigenvalue weighted by Gasteiger charge is -2.15. The van der Waals surface area contributed by atoms with Gasteiger partial charge in [0, 0.05) is 18.2 Å². The number of hydrogen-bond donors (Lipinski definition) is 1. The molecule has 1 saturated heterocycles. The molecule has 1 aliphatic heterocycles. The molecule has 8 nitrogen and oxygen atoms in total. The molecule has 9 heteroatoms. The first kappa shape index (κ1) is 24.4. The number of amides is 2. The minimum atomic E-state index is -0.603. The molecule has 1 atom stereocenters. The van der Waals surface area contributed by atoms with Crippen molar-refractivity contribution in [1.29, 1.82) is 0 Å². The molecule has 1 aliphatic rings. The molecule has 0 saturated carbocycles. The predicted octanol–water partition coefficient (Wildman–Crippen LogP) is 5.07. The summed E-state index contributed by atoms with van der Waals surface area (Å²) in [7, 11) is 3.08. The van der Waals surface area contributed by atoms with E-state index >= 15 is 0 Å². The average Bonchev–Trinajstić information content (AvgIpc) is 3.45. The van der Waals surface area contributed by atoms with Gasteiger partial charge in [-0.2, -0.15) is 0 Å². The molecular formula is C26H27N3O5S. The topological polar surface area (TPSA) is 93.4 Å². The van der Waals surface area contributed by atoms with E-state index in [0.717, 1.165) is 16.8 Å². The van der Waals surface area contributed by atoms with Crippen LogP contribution in [0.4, 0.5) is 11.4 Å². The van der Waals surface area contributed by atoms with Crippen molar-refractivity contribution in [2.24, 2.45) is 4.99 Å². The molecule has 0 spiro atoms. The zero-order valence-electron chi connectivity index (χ0n) is 20.0. The first-order chi connectivity index (χ1) is 16.9. The molecule has 0 bridgehead atoms. The molecular weight excluding hydrogens is 466 g/mol. The van der Waals surface area contributed by atoms with Gasteiger partial charge in [0.25, 0.3) is 0 Å². The van der Waals surface area contributed by atoms with Crippen LogP contribution in [0.5, 0.6) is 11.5 Å². The number of carbonyl (C=O) groups excluding carboxylic acids is 2. The minimum Gasteiger partial charge on any atom is -0.493 e. The Labute approximate surface area is 208 Å². The van der Waals surface area contributed by atoms with Gasteiger partial charge in [-0.3, -0.25) is 14.5 Å². The van der Waals surface area contributed by atoms with Crippen LogP contribution in [0.15, 0.2) is 64.2 Å². The number of anilines is 1. The third-order valence-electron chi connectivity index (χ3n) is 5.53. The molecule has 0 radical (unpaired) electrons. The van der Waals surface area contributed by atoms with Crippen molar-refractivity contribution < 1.29 is 23.5 Å². The zero-order chi connectivity index (χ0) is 24.9. The van der Waals surface area contributed by atoms with Crippen molar-refractivity contribution in [2.75, 3.05) is 19.5 Å². The number of furan rings is 1. The Kier molecular flexibility index (Phi) is 7.45. The van der Waals surface area contributed by atoms with Crippen molar-refractivity contribution in [3.05, 3.63) is 71.7 Å². The summed E-state index contributed by atoms with van der Waals surface area (Å²) in [5.41, 5.74) is 3.43. The van der Waals surface area contributed by atoms with Gasteiger partial charge in [-0.05, 0) is 55.3 Å². The van der Waals surface area contributed by atoms with Gasteiger partial charge in [-0.15, -0.1) is 0 Å². The van der Waals surface area contributed by atoms with Crippen LogP contribution in [-0.2, 0) is 16.1 Å². The maximum Gasteiger partial charge on any atom is 0.243 e. The third-order valence-corrected chi connectivity index (χ3v) is 6.71. The van der Waals surface area contributed by atoms with Crippen molar-refractivity contribution in [2.45, 2.75) is 32.1 Å². The number of amidine groups is 1. The van der Waals surface area contributed by atoms with E-state index in [-0.39, 0.29) is 24.8 Å². The quantitative estimate of drug-likeness (QED) is 0.471. The molecule has 3 aromatic rings. The van der Waals surface area contributed by atoms with Crippen LogP contribution >= 0.6 is 11.8 Å². The second-order valence-corrected chi connectivity index (χ2v) is 9.29. The molecule has 1 N–H and O–H groups in total. The van der Waals surface area contributed by atoms with Crippen molar-refractivity contribution in [3.63, 3.8) is 0 Å². The highest BCUT2D eigenvalue weighted by Gasteiger charge is 2.39. The molecule has 1 fully saturated rings. The van der Waals surface area contributed by atoms with E-state index in [1.54, 1.807) is 42.5 Å². The van der Waals surface area contributed by atoms with Gasteiger partial charge in [0.1, 0.15) is 11.0 Å². The number of methoxy groups -OCH3 is 2. The molecule has 1 unspecified atom stereocenters. The first-order valence-electron chi connectivity index (χ1n) is 11.1. The molecule has 2 aromatic carbocycles. The standard InChI is InChI=1S/C26H27N3O5S/c1-16-7-8-17(2)20(12-16)28-26-29(15-19-6-5-11-34-19)25(31)23(35-26)14-24(30)27-18-9-10-21(32-3)22(13-18)33-4/h5-13,23H,14-15H2,1-4H3,(H,27,30). The number of aryl methyl sites for hydroxylation is 2. The van der Waals surface area contributed by atoms with Crippen LogP contribution in [0.3, 0.4) is 0 Å². The van der Waals surface area contributed by atoms with E-state index in [1.165, 1.54) is 18.9 Å². The highest BCUT2D eigenvalue weighted by Crippen LogP contribution is 2.35. The van der Waals surface area contributed by atoms with Crippen LogP contribution in [0.25, 0.3) is 0 Å². The monoisotopic (exact) mass is 493 g/mol. The molecule has 0 aliphatic carbocycles. The van der Waals surface area contributed by atoms with E-state index < -0.39 is 5.25 Å². The number of benzene rings is 2. The minimum absolute atomic E-state index is 0.00167. The lowest BCUT2D eigenvalue weighted by Crippen LogP contribution is -2.33. The molecule has 4 rings (SSSR count). The van der Waals surface area contributed by atoms with Crippen LogP contribution < -0.4 is 14.8 Å².